The molecule has 1 saturated heterocycles. The molecule has 98 valence electrons. The summed E-state index contributed by atoms with van der Waals surface area (Å²) in [5.41, 5.74) is 5.58. The fourth-order valence-corrected chi connectivity index (χ4v) is 1.80. The number of esters is 1. The molecule has 1 aliphatic heterocycles. The molecule has 6 nitrogen and oxygen atoms in total. The van der Waals surface area contributed by atoms with Gasteiger partial charge in [-0.25, -0.2) is 4.79 Å². The lowest BCUT2D eigenvalue weighted by molar-refractivity contribution is -0.150. The highest BCUT2D eigenvalue weighted by Crippen LogP contribution is 2.03. The Balaban J connectivity index is 2.53. The van der Waals surface area contributed by atoms with Crippen molar-refractivity contribution in [3.8, 4) is 0 Å². The summed E-state index contributed by atoms with van der Waals surface area (Å²) >= 11 is 0. The lowest BCUT2D eigenvalue weighted by Crippen LogP contribution is -2.49. The maximum Gasteiger partial charge on any atom is 0.332 e. The molecule has 1 heterocycles. The van der Waals surface area contributed by atoms with E-state index in [1.165, 1.54) is 0 Å². The van der Waals surface area contributed by atoms with Crippen LogP contribution < -0.4 is 5.73 Å². The van der Waals surface area contributed by atoms with Crippen LogP contribution in [0.4, 0.5) is 0 Å². The predicted molar refractivity (Wildman–Crippen MR) is 63.3 cm³/mol. The second kappa shape index (κ2) is 6.56. The number of likely N-dealkylation sites (N-methyl/N-ethyl adjacent to an activating group) is 1. The van der Waals surface area contributed by atoms with Crippen molar-refractivity contribution >= 4 is 11.9 Å². The maximum atomic E-state index is 12.0. The number of carbonyl (C=O) groups is 2. The molecule has 0 spiro atoms. The quantitative estimate of drug-likeness (QED) is 0.510. The zero-order valence-electron chi connectivity index (χ0n) is 10.5. The van der Waals surface area contributed by atoms with Gasteiger partial charge in [-0.2, -0.15) is 0 Å². The normalized spacial score (nSPS) is 19.6. The molecule has 1 rings (SSSR count). The lowest BCUT2D eigenvalue weighted by atomic mass is 10.2. The number of carbonyl (C=O) groups excluding carboxylic acids is 2. The van der Waals surface area contributed by atoms with Crippen LogP contribution in [0.2, 0.25) is 0 Å². The molecular weight excluding hydrogens is 222 g/mol. The van der Waals surface area contributed by atoms with Gasteiger partial charge in [-0.05, 0) is 26.9 Å². The average molecular weight is 243 g/mol. The molecule has 1 unspecified atom stereocenters. The molecule has 0 bridgehead atoms. The van der Waals surface area contributed by atoms with Crippen LogP contribution in [0.5, 0.6) is 0 Å². The van der Waals surface area contributed by atoms with Crippen molar-refractivity contribution < 1.29 is 14.3 Å². The summed E-state index contributed by atoms with van der Waals surface area (Å²) < 4.78 is 4.75. The number of nitrogens with zero attached hydrogens (tertiary/aromatic N) is 2. The first-order valence-corrected chi connectivity index (χ1v) is 5.95. The third-order valence-corrected chi connectivity index (χ3v) is 2.84. The highest BCUT2D eigenvalue weighted by Gasteiger charge is 2.28. The lowest BCUT2D eigenvalue weighted by Gasteiger charge is -2.23. The van der Waals surface area contributed by atoms with Crippen LogP contribution >= 0.6 is 0 Å². The van der Waals surface area contributed by atoms with Crippen molar-refractivity contribution in [2.75, 3.05) is 39.8 Å². The average Bonchev–Trinajstić information content (AvgIpc) is 2.52. The molecule has 0 aromatic heterocycles. The van der Waals surface area contributed by atoms with E-state index in [4.69, 9.17) is 10.5 Å². The van der Waals surface area contributed by atoms with Gasteiger partial charge in [0.15, 0.2) is 6.04 Å². The number of amides is 1. The van der Waals surface area contributed by atoms with E-state index in [9.17, 15) is 9.59 Å². The predicted octanol–water partition coefficient (Wildman–Crippen LogP) is -0.959. The van der Waals surface area contributed by atoms with Gasteiger partial charge >= 0.3 is 5.97 Å². The highest BCUT2D eigenvalue weighted by molar-refractivity contribution is 6.01. The van der Waals surface area contributed by atoms with Crippen LogP contribution in [-0.2, 0) is 14.3 Å². The first kappa shape index (κ1) is 13.9. The van der Waals surface area contributed by atoms with Crippen LogP contribution in [0.3, 0.4) is 0 Å². The van der Waals surface area contributed by atoms with Crippen molar-refractivity contribution in [2.45, 2.75) is 19.4 Å². The minimum Gasteiger partial charge on any atom is -0.464 e. The molecule has 0 aromatic carbocycles. The first-order valence-electron chi connectivity index (χ1n) is 5.95. The Labute approximate surface area is 102 Å². The Kier molecular flexibility index (Phi) is 5.37. The maximum absolute atomic E-state index is 12.0. The van der Waals surface area contributed by atoms with Crippen LogP contribution in [0.1, 0.15) is 13.3 Å². The Morgan fingerprint density at radius 2 is 2.00 bits per heavy atom. The van der Waals surface area contributed by atoms with Gasteiger partial charge in [0, 0.05) is 19.6 Å². The van der Waals surface area contributed by atoms with E-state index in [0.717, 1.165) is 19.5 Å². The molecule has 1 fully saturated rings. The number of hydrogen-bond donors (Lipinski definition) is 1. The molecule has 0 aromatic rings. The van der Waals surface area contributed by atoms with Crippen molar-refractivity contribution in [1.82, 2.24) is 9.80 Å². The van der Waals surface area contributed by atoms with Gasteiger partial charge in [-0.15, -0.1) is 0 Å². The van der Waals surface area contributed by atoms with Gasteiger partial charge in [-0.3, -0.25) is 4.79 Å². The Morgan fingerprint density at radius 3 is 2.65 bits per heavy atom. The third-order valence-electron chi connectivity index (χ3n) is 2.84. The minimum absolute atomic E-state index is 0.239. The largest absolute Gasteiger partial charge is 0.464 e. The molecule has 1 amide bonds. The van der Waals surface area contributed by atoms with Gasteiger partial charge in [0.05, 0.1) is 6.61 Å². The summed E-state index contributed by atoms with van der Waals surface area (Å²) in [4.78, 5) is 27.1. The van der Waals surface area contributed by atoms with Crippen molar-refractivity contribution in [2.24, 2.45) is 5.73 Å². The van der Waals surface area contributed by atoms with Crippen LogP contribution in [0.15, 0.2) is 0 Å². The Hall–Kier alpha value is -1.14. The van der Waals surface area contributed by atoms with Gasteiger partial charge in [0.25, 0.3) is 5.91 Å². The number of hydrogen-bond acceptors (Lipinski definition) is 5. The minimum atomic E-state index is -1.18. The number of ether oxygens (including phenoxy) is 1. The first-order chi connectivity index (χ1) is 8.06. The zero-order chi connectivity index (χ0) is 12.8. The Bertz CT molecular complexity index is 283. The van der Waals surface area contributed by atoms with E-state index in [1.807, 2.05) is 7.05 Å². The summed E-state index contributed by atoms with van der Waals surface area (Å²) in [5, 5.41) is 0. The zero-order valence-corrected chi connectivity index (χ0v) is 10.5. The molecular formula is C11H21N3O3. The van der Waals surface area contributed by atoms with Gasteiger partial charge in [-0.1, -0.05) is 0 Å². The molecule has 1 aliphatic rings. The Morgan fingerprint density at radius 1 is 1.29 bits per heavy atom. The molecule has 6 heteroatoms. The number of nitrogens with two attached hydrogens (primary N) is 1. The molecule has 0 saturated carbocycles. The summed E-state index contributed by atoms with van der Waals surface area (Å²) in [7, 11) is 2.01. The topological polar surface area (TPSA) is 75.9 Å². The highest BCUT2D eigenvalue weighted by atomic mass is 16.5. The number of rotatable bonds is 3. The monoisotopic (exact) mass is 243 g/mol. The van der Waals surface area contributed by atoms with E-state index in [1.54, 1.807) is 11.8 Å². The molecule has 17 heavy (non-hydrogen) atoms. The fraction of sp³-hybridized carbons (Fsp3) is 0.818. The molecule has 0 radical (unpaired) electrons. The van der Waals surface area contributed by atoms with E-state index in [-0.39, 0.29) is 12.5 Å². The summed E-state index contributed by atoms with van der Waals surface area (Å²) in [6.07, 6.45) is 0.901. The van der Waals surface area contributed by atoms with Crippen LogP contribution in [-0.4, -0.2) is 67.6 Å². The summed E-state index contributed by atoms with van der Waals surface area (Å²) in [6.45, 7) is 4.96. The van der Waals surface area contributed by atoms with Gasteiger partial charge in [0.2, 0.25) is 0 Å². The molecule has 2 N–H and O–H groups in total. The summed E-state index contributed by atoms with van der Waals surface area (Å²) in [6, 6.07) is -1.18. The smallest absolute Gasteiger partial charge is 0.332 e. The van der Waals surface area contributed by atoms with Gasteiger partial charge < -0.3 is 20.3 Å². The third kappa shape index (κ3) is 3.98. The molecule has 1 atom stereocenters. The van der Waals surface area contributed by atoms with E-state index >= 15 is 0 Å². The van der Waals surface area contributed by atoms with Gasteiger partial charge in [0.1, 0.15) is 0 Å². The molecule has 0 aliphatic carbocycles. The van der Waals surface area contributed by atoms with Crippen molar-refractivity contribution in [1.29, 1.82) is 0 Å². The van der Waals surface area contributed by atoms with Crippen LogP contribution in [0.25, 0.3) is 0 Å². The van der Waals surface area contributed by atoms with Crippen molar-refractivity contribution in [3.63, 3.8) is 0 Å². The SMILES string of the molecule is CCOC(=O)C(N)C(=O)N1CCCN(C)CC1. The fourth-order valence-electron chi connectivity index (χ4n) is 1.80. The van der Waals surface area contributed by atoms with E-state index in [2.05, 4.69) is 4.90 Å². The van der Waals surface area contributed by atoms with E-state index in [0.29, 0.717) is 13.1 Å². The standard InChI is InChI=1S/C11H21N3O3/c1-3-17-11(16)9(12)10(15)14-6-4-5-13(2)7-8-14/h9H,3-8,12H2,1-2H3. The second-order valence-electron chi connectivity index (χ2n) is 4.21. The van der Waals surface area contributed by atoms with Crippen molar-refractivity contribution in [3.05, 3.63) is 0 Å². The van der Waals surface area contributed by atoms with E-state index < -0.39 is 12.0 Å². The second-order valence-corrected chi connectivity index (χ2v) is 4.21. The van der Waals surface area contributed by atoms with Crippen LogP contribution in [0, 0.1) is 0 Å². The summed E-state index contributed by atoms with van der Waals surface area (Å²) in [5.74, 6) is -0.978.